The van der Waals surface area contributed by atoms with Gasteiger partial charge in [0.25, 0.3) is 5.69 Å². The van der Waals surface area contributed by atoms with Crippen molar-refractivity contribution in [3.05, 3.63) is 39.9 Å². The first-order valence-corrected chi connectivity index (χ1v) is 7.22. The molecule has 114 valence electrons. The first-order valence-electron chi connectivity index (χ1n) is 7.22. The fourth-order valence-electron chi connectivity index (χ4n) is 2.86. The molecular formula is C15H21N3O3. The van der Waals surface area contributed by atoms with Crippen molar-refractivity contribution in [3.63, 3.8) is 0 Å². The summed E-state index contributed by atoms with van der Waals surface area (Å²) in [4.78, 5) is 22.4. The molecule has 0 heterocycles. The number of nitro benzene ring substituents is 1. The maximum atomic E-state index is 12.1. The zero-order valence-corrected chi connectivity index (χ0v) is 12.2. The molecule has 0 saturated heterocycles. The largest absolute Gasteiger partial charge is 0.350 e. The summed E-state index contributed by atoms with van der Waals surface area (Å²) >= 11 is 0. The maximum Gasteiger partial charge on any atom is 0.269 e. The zero-order valence-electron chi connectivity index (χ0n) is 12.2. The number of nitrogens with zero attached hydrogens (tertiary/aromatic N) is 1. The van der Waals surface area contributed by atoms with Gasteiger partial charge in [-0.3, -0.25) is 14.9 Å². The topological polar surface area (TPSA) is 98.3 Å². The third-order valence-corrected chi connectivity index (χ3v) is 4.07. The number of benzene rings is 1. The van der Waals surface area contributed by atoms with Crippen LogP contribution in [0.5, 0.6) is 0 Å². The van der Waals surface area contributed by atoms with Crippen molar-refractivity contribution in [1.29, 1.82) is 0 Å². The van der Waals surface area contributed by atoms with E-state index in [9.17, 15) is 14.9 Å². The molecule has 0 spiro atoms. The van der Waals surface area contributed by atoms with E-state index in [2.05, 4.69) is 5.32 Å². The third kappa shape index (κ3) is 4.01. The summed E-state index contributed by atoms with van der Waals surface area (Å²) in [5.41, 5.74) is 6.55. The van der Waals surface area contributed by atoms with E-state index in [1.165, 1.54) is 12.1 Å². The number of non-ortho nitro benzene ring substituents is 1. The van der Waals surface area contributed by atoms with E-state index in [1.807, 2.05) is 6.92 Å². The molecule has 1 saturated carbocycles. The first-order chi connectivity index (χ1) is 9.89. The fourth-order valence-corrected chi connectivity index (χ4v) is 2.86. The second-order valence-electron chi connectivity index (χ2n) is 5.89. The third-order valence-electron chi connectivity index (χ3n) is 4.07. The Hall–Kier alpha value is -1.95. The molecule has 0 radical (unpaired) electrons. The van der Waals surface area contributed by atoms with Gasteiger partial charge < -0.3 is 11.1 Å². The second kappa shape index (κ2) is 6.22. The van der Waals surface area contributed by atoms with Crippen LogP contribution in [0.3, 0.4) is 0 Å². The highest BCUT2D eigenvalue weighted by Gasteiger charge is 2.32. The highest BCUT2D eigenvalue weighted by molar-refractivity contribution is 5.77. The van der Waals surface area contributed by atoms with Crippen molar-refractivity contribution < 1.29 is 9.72 Å². The normalized spacial score (nSPS) is 18.2. The predicted octanol–water partition coefficient (Wildman–Crippen LogP) is 2.43. The van der Waals surface area contributed by atoms with E-state index in [1.54, 1.807) is 12.1 Å². The number of amides is 1. The van der Waals surface area contributed by atoms with Gasteiger partial charge in [-0.05, 0) is 25.3 Å². The van der Waals surface area contributed by atoms with Crippen LogP contribution in [-0.2, 0) is 4.79 Å². The average Bonchev–Trinajstić information content (AvgIpc) is 2.84. The van der Waals surface area contributed by atoms with Gasteiger partial charge >= 0.3 is 0 Å². The molecular weight excluding hydrogens is 270 g/mol. The van der Waals surface area contributed by atoms with E-state index in [4.69, 9.17) is 5.73 Å². The van der Waals surface area contributed by atoms with Crippen molar-refractivity contribution in [3.8, 4) is 0 Å². The van der Waals surface area contributed by atoms with Crippen LogP contribution in [0.25, 0.3) is 0 Å². The van der Waals surface area contributed by atoms with Crippen LogP contribution in [0, 0.1) is 10.1 Å². The molecule has 1 unspecified atom stereocenters. The number of rotatable bonds is 5. The molecule has 0 aliphatic heterocycles. The van der Waals surface area contributed by atoms with Crippen LogP contribution in [0.15, 0.2) is 24.3 Å². The Morgan fingerprint density at radius 3 is 2.76 bits per heavy atom. The number of hydrogen-bond acceptors (Lipinski definition) is 4. The van der Waals surface area contributed by atoms with Crippen molar-refractivity contribution >= 4 is 11.6 Å². The van der Waals surface area contributed by atoms with Crippen molar-refractivity contribution in [2.24, 2.45) is 5.73 Å². The van der Waals surface area contributed by atoms with Gasteiger partial charge in [0.1, 0.15) is 0 Å². The fraction of sp³-hybridized carbons (Fsp3) is 0.533. The molecule has 21 heavy (non-hydrogen) atoms. The summed E-state index contributed by atoms with van der Waals surface area (Å²) in [6.07, 6.45) is 4.22. The Kier molecular flexibility index (Phi) is 4.57. The Morgan fingerprint density at radius 2 is 2.14 bits per heavy atom. The molecule has 1 amide bonds. The standard InChI is InChI=1S/C15H21N3O3/c1-11(12-5-4-6-13(9-12)18(20)21)17-14(19)10-15(16)7-2-3-8-15/h4-6,9,11H,2-3,7-8,10,16H2,1H3,(H,17,19). The molecule has 0 aromatic heterocycles. The summed E-state index contributed by atoms with van der Waals surface area (Å²) in [5, 5.41) is 13.6. The van der Waals surface area contributed by atoms with E-state index >= 15 is 0 Å². The van der Waals surface area contributed by atoms with Gasteiger partial charge in [0.05, 0.1) is 11.0 Å². The minimum absolute atomic E-state index is 0.0275. The molecule has 6 nitrogen and oxygen atoms in total. The number of nitrogens with one attached hydrogen (secondary N) is 1. The lowest BCUT2D eigenvalue weighted by Crippen LogP contribution is -2.42. The van der Waals surface area contributed by atoms with Gasteiger partial charge in [0.15, 0.2) is 0 Å². The molecule has 3 N–H and O–H groups in total. The van der Waals surface area contributed by atoms with Crippen LogP contribution >= 0.6 is 0 Å². The highest BCUT2D eigenvalue weighted by atomic mass is 16.6. The smallest absolute Gasteiger partial charge is 0.269 e. The van der Waals surface area contributed by atoms with E-state index in [-0.39, 0.29) is 23.2 Å². The lowest BCUT2D eigenvalue weighted by Gasteiger charge is -2.24. The van der Waals surface area contributed by atoms with E-state index in [0.717, 1.165) is 31.2 Å². The van der Waals surface area contributed by atoms with Crippen LogP contribution in [0.1, 0.15) is 50.6 Å². The maximum absolute atomic E-state index is 12.1. The number of nitrogens with two attached hydrogens (primary N) is 1. The molecule has 6 heteroatoms. The minimum atomic E-state index is -0.439. The number of carbonyl (C=O) groups excluding carboxylic acids is 1. The summed E-state index contributed by atoms with van der Waals surface area (Å²) < 4.78 is 0. The van der Waals surface area contributed by atoms with E-state index < -0.39 is 4.92 Å². The summed E-state index contributed by atoms with van der Waals surface area (Å²) in [6.45, 7) is 1.81. The Balaban J connectivity index is 1.97. The number of carbonyl (C=O) groups is 1. The number of nitro groups is 1. The molecule has 1 atom stereocenters. The quantitative estimate of drug-likeness (QED) is 0.643. The SMILES string of the molecule is CC(NC(=O)CC1(N)CCCC1)c1cccc([N+](=O)[O-])c1. The van der Waals surface area contributed by atoms with Crippen LogP contribution < -0.4 is 11.1 Å². The summed E-state index contributed by atoms with van der Waals surface area (Å²) in [5.74, 6) is -0.0987. The second-order valence-corrected chi connectivity index (χ2v) is 5.89. The number of hydrogen-bond donors (Lipinski definition) is 2. The van der Waals surface area contributed by atoms with Gasteiger partial charge in [0.2, 0.25) is 5.91 Å². The van der Waals surface area contributed by atoms with Gasteiger partial charge in [-0.2, -0.15) is 0 Å². The zero-order chi connectivity index (χ0) is 15.5. The first kappa shape index (κ1) is 15.4. The van der Waals surface area contributed by atoms with Gasteiger partial charge in [-0.25, -0.2) is 0 Å². The lowest BCUT2D eigenvalue weighted by molar-refractivity contribution is -0.384. The summed E-state index contributed by atoms with van der Waals surface area (Å²) in [6, 6.07) is 6.04. The summed E-state index contributed by atoms with van der Waals surface area (Å²) in [7, 11) is 0. The Morgan fingerprint density at radius 1 is 1.48 bits per heavy atom. The monoisotopic (exact) mass is 291 g/mol. The Bertz CT molecular complexity index is 539. The lowest BCUT2D eigenvalue weighted by atomic mass is 9.94. The molecule has 2 rings (SSSR count). The molecule has 1 fully saturated rings. The van der Waals surface area contributed by atoms with Crippen LogP contribution in [0.2, 0.25) is 0 Å². The van der Waals surface area contributed by atoms with Gasteiger partial charge in [0, 0.05) is 24.1 Å². The molecule has 1 aliphatic carbocycles. The molecule has 1 aromatic carbocycles. The molecule has 1 aliphatic rings. The van der Waals surface area contributed by atoms with Crippen LogP contribution in [-0.4, -0.2) is 16.4 Å². The van der Waals surface area contributed by atoms with Crippen molar-refractivity contribution in [1.82, 2.24) is 5.32 Å². The van der Waals surface area contributed by atoms with Gasteiger partial charge in [-0.15, -0.1) is 0 Å². The highest BCUT2D eigenvalue weighted by Crippen LogP contribution is 2.30. The van der Waals surface area contributed by atoms with Gasteiger partial charge in [-0.1, -0.05) is 25.0 Å². The van der Waals surface area contributed by atoms with Crippen molar-refractivity contribution in [2.75, 3.05) is 0 Å². The predicted molar refractivity (Wildman–Crippen MR) is 79.7 cm³/mol. The molecule has 1 aromatic rings. The van der Waals surface area contributed by atoms with Crippen molar-refractivity contribution in [2.45, 2.75) is 50.6 Å². The minimum Gasteiger partial charge on any atom is -0.350 e. The average molecular weight is 291 g/mol. The Labute approximate surface area is 123 Å². The van der Waals surface area contributed by atoms with E-state index in [0.29, 0.717) is 6.42 Å². The molecule has 0 bridgehead atoms. The van der Waals surface area contributed by atoms with Crippen LogP contribution in [0.4, 0.5) is 5.69 Å².